The normalized spacial score (nSPS) is 34.2. The SMILES string of the molecule is CN=C(NC1C2CCOC2C1(C)C)N1CCC(C(=O)N2CCOCC2)CC1. The largest absolute Gasteiger partial charge is 0.378 e. The van der Waals surface area contributed by atoms with Crippen molar-refractivity contribution in [3.63, 3.8) is 0 Å². The van der Waals surface area contributed by atoms with E-state index in [0.717, 1.165) is 58.0 Å². The van der Waals surface area contributed by atoms with Gasteiger partial charge < -0.3 is 24.6 Å². The van der Waals surface area contributed by atoms with Gasteiger partial charge in [0, 0.05) is 63.1 Å². The number of guanidine groups is 1. The van der Waals surface area contributed by atoms with Crippen LogP contribution in [0.3, 0.4) is 0 Å². The van der Waals surface area contributed by atoms with Crippen molar-refractivity contribution in [2.24, 2.45) is 22.2 Å². The molecule has 3 aliphatic heterocycles. The fourth-order valence-corrected chi connectivity index (χ4v) is 5.43. The molecule has 3 atom stereocenters. The summed E-state index contributed by atoms with van der Waals surface area (Å²) in [5.74, 6) is 2.03. The molecule has 3 saturated heterocycles. The van der Waals surface area contributed by atoms with Crippen molar-refractivity contribution in [3.05, 3.63) is 0 Å². The van der Waals surface area contributed by atoms with Crippen LogP contribution in [0.2, 0.25) is 0 Å². The summed E-state index contributed by atoms with van der Waals surface area (Å²) in [5, 5.41) is 3.73. The predicted octanol–water partition coefficient (Wildman–Crippen LogP) is 0.946. The lowest BCUT2D eigenvalue weighted by Gasteiger charge is -2.55. The molecule has 0 aromatic rings. The van der Waals surface area contributed by atoms with E-state index in [9.17, 15) is 4.79 Å². The molecular weight excluding hydrogens is 344 g/mol. The van der Waals surface area contributed by atoms with Gasteiger partial charge in [0.1, 0.15) is 0 Å². The number of rotatable bonds is 2. The van der Waals surface area contributed by atoms with Crippen LogP contribution in [-0.4, -0.2) is 86.9 Å². The molecule has 4 fully saturated rings. The number of nitrogens with zero attached hydrogens (tertiary/aromatic N) is 3. The molecule has 3 unspecified atom stereocenters. The lowest BCUT2D eigenvalue weighted by molar-refractivity contribution is -0.140. The summed E-state index contributed by atoms with van der Waals surface area (Å²) in [4.78, 5) is 21.6. The van der Waals surface area contributed by atoms with Gasteiger partial charge in [-0.05, 0) is 19.3 Å². The summed E-state index contributed by atoms with van der Waals surface area (Å²) in [6.45, 7) is 10.1. The lowest BCUT2D eigenvalue weighted by Crippen LogP contribution is -2.68. The smallest absolute Gasteiger partial charge is 0.225 e. The Morgan fingerprint density at radius 1 is 1.04 bits per heavy atom. The van der Waals surface area contributed by atoms with Crippen molar-refractivity contribution >= 4 is 11.9 Å². The molecule has 1 saturated carbocycles. The minimum absolute atomic E-state index is 0.141. The second kappa shape index (κ2) is 7.59. The van der Waals surface area contributed by atoms with Gasteiger partial charge in [0.05, 0.1) is 19.3 Å². The van der Waals surface area contributed by atoms with Gasteiger partial charge in [-0.15, -0.1) is 0 Å². The topological polar surface area (TPSA) is 66.4 Å². The Hall–Kier alpha value is -1.34. The number of aliphatic imine (C=N–C) groups is 1. The second-order valence-electron chi connectivity index (χ2n) is 8.93. The van der Waals surface area contributed by atoms with Gasteiger partial charge in [0.25, 0.3) is 0 Å². The predicted molar refractivity (Wildman–Crippen MR) is 104 cm³/mol. The third-order valence-electron chi connectivity index (χ3n) is 7.06. The van der Waals surface area contributed by atoms with E-state index in [1.165, 1.54) is 0 Å². The maximum Gasteiger partial charge on any atom is 0.225 e. The molecule has 0 aromatic carbocycles. The van der Waals surface area contributed by atoms with Crippen LogP contribution in [-0.2, 0) is 14.3 Å². The Morgan fingerprint density at radius 2 is 1.74 bits per heavy atom. The lowest BCUT2D eigenvalue weighted by atomic mass is 9.57. The average molecular weight is 379 g/mol. The molecule has 1 aliphatic carbocycles. The highest BCUT2D eigenvalue weighted by atomic mass is 16.5. The fraction of sp³-hybridized carbons (Fsp3) is 0.900. The Bertz CT molecular complexity index is 580. The number of ether oxygens (including phenoxy) is 2. The number of hydrogen-bond acceptors (Lipinski definition) is 4. The Morgan fingerprint density at radius 3 is 2.41 bits per heavy atom. The van der Waals surface area contributed by atoms with E-state index in [1.54, 1.807) is 0 Å². The molecule has 152 valence electrons. The van der Waals surface area contributed by atoms with Crippen molar-refractivity contribution in [2.45, 2.75) is 45.3 Å². The number of amides is 1. The molecule has 0 aromatic heterocycles. The maximum absolute atomic E-state index is 12.7. The third-order valence-corrected chi connectivity index (χ3v) is 7.06. The average Bonchev–Trinajstić information content (AvgIpc) is 3.16. The minimum Gasteiger partial charge on any atom is -0.378 e. The van der Waals surface area contributed by atoms with E-state index < -0.39 is 0 Å². The summed E-state index contributed by atoms with van der Waals surface area (Å²) >= 11 is 0. The van der Waals surface area contributed by atoms with E-state index in [1.807, 2.05) is 11.9 Å². The molecular formula is C20H34N4O3. The number of likely N-dealkylation sites (tertiary alicyclic amines) is 1. The standard InChI is InChI=1S/C20H34N4O3/c1-20(2)16(15-6-11-27-17(15)20)22-19(21-3)24-7-4-14(5-8-24)18(25)23-9-12-26-13-10-23/h14-17H,4-13H2,1-3H3,(H,21,22). The van der Waals surface area contributed by atoms with E-state index in [4.69, 9.17) is 9.47 Å². The van der Waals surface area contributed by atoms with E-state index in [-0.39, 0.29) is 11.3 Å². The summed E-state index contributed by atoms with van der Waals surface area (Å²) in [6.07, 6.45) is 3.32. The molecule has 0 bridgehead atoms. The molecule has 4 rings (SSSR count). The van der Waals surface area contributed by atoms with Gasteiger partial charge >= 0.3 is 0 Å². The third kappa shape index (κ3) is 3.44. The molecule has 3 heterocycles. The van der Waals surface area contributed by atoms with Crippen LogP contribution in [0.5, 0.6) is 0 Å². The van der Waals surface area contributed by atoms with Crippen molar-refractivity contribution in [2.75, 3.05) is 53.0 Å². The first-order chi connectivity index (χ1) is 13.0. The Kier molecular flexibility index (Phi) is 5.34. The Balaban J connectivity index is 1.31. The molecule has 27 heavy (non-hydrogen) atoms. The zero-order valence-corrected chi connectivity index (χ0v) is 16.9. The van der Waals surface area contributed by atoms with Crippen LogP contribution in [0.1, 0.15) is 33.1 Å². The van der Waals surface area contributed by atoms with Crippen LogP contribution in [0, 0.1) is 17.3 Å². The summed E-state index contributed by atoms with van der Waals surface area (Å²) < 4.78 is 11.3. The number of carbonyl (C=O) groups is 1. The number of fused-ring (bicyclic) bond motifs is 1. The van der Waals surface area contributed by atoms with Crippen molar-refractivity contribution in [1.29, 1.82) is 0 Å². The van der Waals surface area contributed by atoms with Crippen LogP contribution in [0.4, 0.5) is 0 Å². The quantitative estimate of drug-likeness (QED) is 0.572. The fourth-order valence-electron chi connectivity index (χ4n) is 5.43. The van der Waals surface area contributed by atoms with Gasteiger partial charge in [0.15, 0.2) is 5.96 Å². The maximum atomic E-state index is 12.7. The summed E-state index contributed by atoms with van der Waals surface area (Å²) in [7, 11) is 1.86. The molecule has 7 nitrogen and oxygen atoms in total. The molecule has 1 amide bonds. The van der Waals surface area contributed by atoms with Gasteiger partial charge in [-0.3, -0.25) is 9.79 Å². The first-order valence-corrected chi connectivity index (χ1v) is 10.5. The highest BCUT2D eigenvalue weighted by Crippen LogP contribution is 2.52. The highest BCUT2D eigenvalue weighted by molar-refractivity contribution is 5.82. The van der Waals surface area contributed by atoms with Crippen LogP contribution in [0.25, 0.3) is 0 Å². The molecule has 7 heteroatoms. The van der Waals surface area contributed by atoms with Gasteiger partial charge in [0.2, 0.25) is 5.91 Å². The van der Waals surface area contributed by atoms with Gasteiger partial charge in [-0.25, -0.2) is 0 Å². The molecule has 0 radical (unpaired) electrons. The molecule has 1 N–H and O–H groups in total. The first-order valence-electron chi connectivity index (χ1n) is 10.5. The number of morpholine rings is 1. The van der Waals surface area contributed by atoms with E-state index >= 15 is 0 Å². The summed E-state index contributed by atoms with van der Waals surface area (Å²) in [5.41, 5.74) is 0.141. The van der Waals surface area contributed by atoms with Crippen molar-refractivity contribution < 1.29 is 14.3 Å². The minimum atomic E-state index is 0.141. The van der Waals surface area contributed by atoms with Gasteiger partial charge in [-0.2, -0.15) is 0 Å². The molecule has 0 spiro atoms. The Labute approximate surface area is 162 Å². The first kappa shape index (κ1) is 19.0. The number of hydrogen-bond donors (Lipinski definition) is 1. The zero-order valence-electron chi connectivity index (χ0n) is 16.9. The number of carbonyl (C=O) groups excluding carboxylic acids is 1. The second-order valence-corrected chi connectivity index (χ2v) is 8.93. The number of piperidine rings is 1. The summed E-state index contributed by atoms with van der Waals surface area (Å²) in [6, 6.07) is 0.413. The van der Waals surface area contributed by atoms with Crippen LogP contribution >= 0.6 is 0 Å². The number of nitrogens with one attached hydrogen (secondary N) is 1. The van der Waals surface area contributed by atoms with Crippen molar-refractivity contribution in [1.82, 2.24) is 15.1 Å². The van der Waals surface area contributed by atoms with E-state index in [0.29, 0.717) is 37.2 Å². The zero-order chi connectivity index (χ0) is 19.0. The van der Waals surface area contributed by atoms with Crippen molar-refractivity contribution in [3.8, 4) is 0 Å². The molecule has 4 aliphatic rings. The highest BCUT2D eigenvalue weighted by Gasteiger charge is 2.59. The van der Waals surface area contributed by atoms with E-state index in [2.05, 4.69) is 29.1 Å². The van der Waals surface area contributed by atoms with Gasteiger partial charge in [-0.1, -0.05) is 13.8 Å². The van der Waals surface area contributed by atoms with Crippen LogP contribution < -0.4 is 5.32 Å². The monoisotopic (exact) mass is 378 g/mol. The van der Waals surface area contributed by atoms with Crippen LogP contribution in [0.15, 0.2) is 4.99 Å².